The molecule has 0 aliphatic carbocycles. The van der Waals surface area contributed by atoms with Gasteiger partial charge >= 0.3 is 5.69 Å². The second kappa shape index (κ2) is 7.40. The molecule has 0 saturated carbocycles. The summed E-state index contributed by atoms with van der Waals surface area (Å²) >= 11 is 0. The Balaban J connectivity index is 2.31. The number of aromatic nitrogens is 2. The molecule has 0 spiro atoms. The zero-order valence-electron chi connectivity index (χ0n) is 12.0. The number of methoxy groups -OCH3 is 1. The number of hydrogen-bond acceptors (Lipinski definition) is 7. The Bertz CT molecular complexity index is 714. The molecule has 0 aliphatic heterocycles. The quantitative estimate of drug-likeness (QED) is 0.458. The van der Waals surface area contributed by atoms with Crippen LogP contribution >= 0.6 is 0 Å². The molecule has 23 heavy (non-hydrogen) atoms. The van der Waals surface area contributed by atoms with E-state index >= 15 is 0 Å². The Kier molecular flexibility index (Phi) is 5.31. The monoisotopic (exact) mass is 325 g/mol. The van der Waals surface area contributed by atoms with Crippen LogP contribution in [0.1, 0.15) is 0 Å². The molecule has 1 aromatic heterocycles. The number of halogens is 2. The van der Waals surface area contributed by atoms with Crippen molar-refractivity contribution in [2.45, 2.75) is 0 Å². The molecule has 2 rings (SSSR count). The first-order valence-corrected chi connectivity index (χ1v) is 6.47. The van der Waals surface area contributed by atoms with E-state index in [0.29, 0.717) is 13.2 Å². The number of benzene rings is 1. The SMILES string of the molecule is COCCNc1ncnc(Nc2ccc(F)c(F)c2)c1[N+](=O)[O-]. The zero-order chi connectivity index (χ0) is 16.8. The molecule has 10 heteroatoms. The number of ether oxygens (including phenoxy) is 1. The maximum atomic E-state index is 13.2. The zero-order valence-corrected chi connectivity index (χ0v) is 12.0. The third-order valence-electron chi connectivity index (χ3n) is 2.79. The van der Waals surface area contributed by atoms with E-state index in [9.17, 15) is 18.9 Å². The van der Waals surface area contributed by atoms with Crippen molar-refractivity contribution in [1.82, 2.24) is 9.97 Å². The normalized spacial score (nSPS) is 10.4. The molecule has 0 atom stereocenters. The standard InChI is InChI=1S/C13H13F2N5O3/c1-23-5-4-16-12-11(20(21)22)13(18-7-17-12)19-8-2-3-9(14)10(15)6-8/h2-3,6-7H,4-5H2,1H3,(H2,16,17,18,19). The molecule has 0 unspecified atom stereocenters. The van der Waals surface area contributed by atoms with Crippen molar-refractivity contribution in [3.8, 4) is 0 Å². The van der Waals surface area contributed by atoms with E-state index < -0.39 is 22.2 Å². The van der Waals surface area contributed by atoms with Crippen molar-refractivity contribution < 1.29 is 18.4 Å². The van der Waals surface area contributed by atoms with Crippen LogP contribution in [0.4, 0.5) is 31.8 Å². The van der Waals surface area contributed by atoms with Crippen molar-refractivity contribution >= 4 is 23.0 Å². The smallest absolute Gasteiger partial charge is 0.353 e. The highest BCUT2D eigenvalue weighted by Gasteiger charge is 2.23. The lowest BCUT2D eigenvalue weighted by Gasteiger charge is -2.10. The van der Waals surface area contributed by atoms with Gasteiger partial charge in [-0.25, -0.2) is 18.7 Å². The first-order valence-electron chi connectivity index (χ1n) is 6.47. The Morgan fingerprint density at radius 3 is 2.65 bits per heavy atom. The van der Waals surface area contributed by atoms with E-state index in [-0.39, 0.29) is 17.3 Å². The lowest BCUT2D eigenvalue weighted by Crippen LogP contribution is -2.12. The summed E-state index contributed by atoms with van der Waals surface area (Å²) in [7, 11) is 1.49. The van der Waals surface area contributed by atoms with Gasteiger partial charge in [0.15, 0.2) is 11.6 Å². The van der Waals surface area contributed by atoms with Gasteiger partial charge in [0.25, 0.3) is 0 Å². The van der Waals surface area contributed by atoms with E-state index in [4.69, 9.17) is 4.74 Å². The molecule has 0 amide bonds. The van der Waals surface area contributed by atoms with Gasteiger partial charge < -0.3 is 15.4 Å². The van der Waals surface area contributed by atoms with Crippen molar-refractivity contribution in [2.24, 2.45) is 0 Å². The Morgan fingerprint density at radius 1 is 1.26 bits per heavy atom. The van der Waals surface area contributed by atoms with Crippen LogP contribution in [-0.4, -0.2) is 35.2 Å². The lowest BCUT2D eigenvalue weighted by atomic mass is 10.3. The van der Waals surface area contributed by atoms with Crippen LogP contribution in [0.15, 0.2) is 24.5 Å². The predicted molar refractivity (Wildman–Crippen MR) is 78.7 cm³/mol. The second-order valence-corrected chi connectivity index (χ2v) is 4.35. The van der Waals surface area contributed by atoms with Gasteiger partial charge in [0.1, 0.15) is 6.33 Å². The summed E-state index contributed by atoms with van der Waals surface area (Å²) in [6.07, 6.45) is 1.12. The van der Waals surface area contributed by atoms with Crippen molar-refractivity contribution in [2.75, 3.05) is 30.9 Å². The fraction of sp³-hybridized carbons (Fsp3) is 0.231. The third-order valence-corrected chi connectivity index (χ3v) is 2.79. The van der Waals surface area contributed by atoms with E-state index in [1.807, 2.05) is 0 Å². The summed E-state index contributed by atoms with van der Waals surface area (Å²) in [5.74, 6) is -2.25. The molecular weight excluding hydrogens is 312 g/mol. The number of nitrogens with zero attached hydrogens (tertiary/aromatic N) is 3. The number of anilines is 3. The molecule has 0 aliphatic rings. The molecule has 2 N–H and O–H groups in total. The molecule has 1 heterocycles. The van der Waals surface area contributed by atoms with Crippen LogP contribution < -0.4 is 10.6 Å². The number of hydrogen-bond donors (Lipinski definition) is 2. The summed E-state index contributed by atoms with van der Waals surface area (Å²) in [4.78, 5) is 18.2. The van der Waals surface area contributed by atoms with Gasteiger partial charge in [0.2, 0.25) is 11.6 Å². The van der Waals surface area contributed by atoms with Crippen molar-refractivity contribution in [3.63, 3.8) is 0 Å². The van der Waals surface area contributed by atoms with Gasteiger partial charge in [-0.2, -0.15) is 0 Å². The minimum Gasteiger partial charge on any atom is -0.383 e. The van der Waals surface area contributed by atoms with Gasteiger partial charge in [-0.1, -0.05) is 0 Å². The highest BCUT2D eigenvalue weighted by Crippen LogP contribution is 2.31. The van der Waals surface area contributed by atoms with Gasteiger partial charge in [-0.3, -0.25) is 10.1 Å². The Hall–Kier alpha value is -2.88. The van der Waals surface area contributed by atoms with Gasteiger partial charge in [-0.15, -0.1) is 0 Å². The predicted octanol–water partition coefficient (Wildman–Crippen LogP) is 2.46. The fourth-order valence-corrected chi connectivity index (χ4v) is 1.75. The van der Waals surface area contributed by atoms with Crippen LogP contribution in [0.5, 0.6) is 0 Å². The first kappa shape index (κ1) is 16.5. The second-order valence-electron chi connectivity index (χ2n) is 4.35. The third kappa shape index (κ3) is 4.07. The largest absolute Gasteiger partial charge is 0.383 e. The molecule has 122 valence electrons. The maximum Gasteiger partial charge on any atom is 0.353 e. The molecule has 0 bridgehead atoms. The van der Waals surface area contributed by atoms with Gasteiger partial charge in [0, 0.05) is 25.4 Å². The van der Waals surface area contributed by atoms with E-state index in [1.165, 1.54) is 13.2 Å². The van der Waals surface area contributed by atoms with Crippen molar-refractivity contribution in [3.05, 3.63) is 46.3 Å². The van der Waals surface area contributed by atoms with Crippen LogP contribution in [0, 0.1) is 21.7 Å². The maximum absolute atomic E-state index is 13.2. The van der Waals surface area contributed by atoms with E-state index in [0.717, 1.165) is 18.5 Å². The van der Waals surface area contributed by atoms with E-state index in [1.54, 1.807) is 0 Å². The fourth-order valence-electron chi connectivity index (χ4n) is 1.75. The van der Waals surface area contributed by atoms with Gasteiger partial charge in [-0.05, 0) is 12.1 Å². The average molecular weight is 325 g/mol. The van der Waals surface area contributed by atoms with Crippen LogP contribution in [-0.2, 0) is 4.74 Å². The lowest BCUT2D eigenvalue weighted by molar-refractivity contribution is -0.383. The molecule has 1 aromatic carbocycles. The Labute approximate surface area is 129 Å². The number of rotatable bonds is 7. The minimum absolute atomic E-state index is 0.00728. The summed E-state index contributed by atoms with van der Waals surface area (Å²) < 4.78 is 31.0. The molecule has 0 saturated heterocycles. The van der Waals surface area contributed by atoms with E-state index in [2.05, 4.69) is 20.6 Å². The highest BCUT2D eigenvalue weighted by atomic mass is 19.2. The number of nitro groups is 1. The average Bonchev–Trinajstić information content (AvgIpc) is 2.51. The van der Waals surface area contributed by atoms with Gasteiger partial charge in [0.05, 0.1) is 11.5 Å². The number of nitrogens with one attached hydrogen (secondary N) is 2. The summed E-state index contributed by atoms with van der Waals surface area (Å²) in [5.41, 5.74) is -0.290. The highest BCUT2D eigenvalue weighted by molar-refractivity contribution is 5.73. The summed E-state index contributed by atoms with van der Waals surface area (Å²) in [6.45, 7) is 0.631. The molecule has 8 nitrogen and oxygen atoms in total. The Morgan fingerprint density at radius 2 is 2.00 bits per heavy atom. The molecule has 2 aromatic rings. The molecule has 0 fully saturated rings. The van der Waals surface area contributed by atoms with Crippen LogP contribution in [0.25, 0.3) is 0 Å². The summed E-state index contributed by atoms with van der Waals surface area (Å²) in [5, 5.41) is 16.6. The topological polar surface area (TPSA) is 102 Å². The van der Waals surface area contributed by atoms with Crippen LogP contribution in [0.3, 0.4) is 0 Å². The minimum atomic E-state index is -1.08. The van der Waals surface area contributed by atoms with Crippen LogP contribution in [0.2, 0.25) is 0 Å². The van der Waals surface area contributed by atoms with Crippen molar-refractivity contribution in [1.29, 1.82) is 0 Å². The first-order chi connectivity index (χ1) is 11.0. The summed E-state index contributed by atoms with van der Waals surface area (Å²) in [6, 6.07) is 3.02. The molecular formula is C13H13F2N5O3. The molecule has 0 radical (unpaired) electrons.